The number of quaternary nitrogens is 1. The maximum Gasteiger partial charge on any atom is 0.279 e. The second-order valence-corrected chi connectivity index (χ2v) is 20.3. The number of benzene rings is 5. The van der Waals surface area contributed by atoms with Gasteiger partial charge in [-0.05, 0) is 66.3 Å². The molecule has 17 heteroatoms. The van der Waals surface area contributed by atoms with Crippen molar-refractivity contribution in [2.45, 2.75) is 106 Å². The number of aromatic nitrogens is 1. The fourth-order valence-corrected chi connectivity index (χ4v) is 12.1. The zero-order chi connectivity index (χ0) is 51.4. The number of aromatic hydroxyl groups is 1. The summed E-state index contributed by atoms with van der Waals surface area (Å²) >= 11 is 0. The number of amides is 7. The molecule has 74 heavy (non-hydrogen) atoms. The van der Waals surface area contributed by atoms with Gasteiger partial charge in [0.15, 0.2) is 6.04 Å². The van der Waals surface area contributed by atoms with E-state index in [4.69, 9.17) is 0 Å². The van der Waals surface area contributed by atoms with E-state index < -0.39 is 89.4 Å². The van der Waals surface area contributed by atoms with Crippen molar-refractivity contribution in [1.29, 1.82) is 0 Å². The highest BCUT2D eigenvalue weighted by Crippen LogP contribution is 2.57. The van der Waals surface area contributed by atoms with Gasteiger partial charge in [0.1, 0.15) is 53.7 Å². The average Bonchev–Trinajstić information content (AvgIpc) is 4.24. The van der Waals surface area contributed by atoms with Crippen LogP contribution in [0.2, 0.25) is 0 Å². The predicted octanol–water partition coefficient (Wildman–Crippen LogP) is 2.22. The van der Waals surface area contributed by atoms with Gasteiger partial charge in [0.25, 0.3) is 11.8 Å². The lowest BCUT2D eigenvalue weighted by Gasteiger charge is -2.49. The number of carbonyl (C=O) groups excluding carboxylic acids is 7. The number of anilines is 1. The monoisotopic (exact) mass is 996 g/mol. The minimum Gasteiger partial charge on any atom is -0.508 e. The predicted molar refractivity (Wildman–Crippen MR) is 273 cm³/mol. The molecule has 4 bridgehead atoms. The third-order valence-corrected chi connectivity index (χ3v) is 15.6. The van der Waals surface area contributed by atoms with E-state index in [0.717, 1.165) is 33.2 Å². The Kier molecular flexibility index (Phi) is 12.5. The molecule has 9 atom stereocenters. The molecule has 3 saturated heterocycles. The third kappa shape index (κ3) is 8.39. The molecule has 1 aromatic heterocycles. The minimum atomic E-state index is -1.25. The lowest BCUT2D eigenvalue weighted by molar-refractivity contribution is -0.403. The molecule has 17 nitrogen and oxygen atoms in total. The molecule has 8 N–H and O–H groups in total. The minimum absolute atomic E-state index is 0.00532. The summed E-state index contributed by atoms with van der Waals surface area (Å²) in [5, 5.41) is 22.6. The molecule has 0 unspecified atom stereocenters. The second-order valence-electron chi connectivity index (χ2n) is 20.3. The van der Waals surface area contributed by atoms with Crippen molar-refractivity contribution in [3.8, 4) is 5.75 Å². The van der Waals surface area contributed by atoms with Gasteiger partial charge >= 0.3 is 0 Å². The number of fused-ring (bicyclic) bond motifs is 9. The van der Waals surface area contributed by atoms with Crippen molar-refractivity contribution >= 4 is 57.9 Å². The first-order valence-electron chi connectivity index (χ1n) is 25.4. The highest BCUT2D eigenvalue weighted by Gasteiger charge is 2.68. The molecule has 6 aromatic rings. The highest BCUT2D eigenvalue weighted by atomic mass is 16.3. The Hall–Kier alpha value is -8.31. The van der Waals surface area contributed by atoms with Crippen LogP contribution in [0.25, 0.3) is 10.9 Å². The van der Waals surface area contributed by atoms with Gasteiger partial charge < -0.3 is 46.5 Å². The molecule has 0 saturated carbocycles. The van der Waals surface area contributed by atoms with Crippen molar-refractivity contribution in [2.75, 3.05) is 11.4 Å². The highest BCUT2D eigenvalue weighted by molar-refractivity contribution is 6.08. The maximum atomic E-state index is 15.4. The molecule has 3 fully saturated rings. The quantitative estimate of drug-likeness (QED) is 0.145. The molecule has 5 aliphatic rings. The number of piperidine rings is 1. The van der Waals surface area contributed by atoms with Crippen molar-refractivity contribution in [1.82, 2.24) is 35.6 Å². The maximum absolute atomic E-state index is 15.4. The SMILES string of the molecule is C[C@@H]1NC(=O)[C@H](Cc2ccc(O)cc2)NC(=O)[C@@H]2CCCN2C(=O)[C@H](Cc2ccccc2)NC(=O)[C@@H]([NH3+])Cc2cn(c3ccccc23)[C@]23C[C@H](NC1=O)C(=O)N1[C@@H](Cc4ccccc4)C(=O)N(c4ccccc42)[C@@H]13. The van der Waals surface area contributed by atoms with Gasteiger partial charge in [-0.1, -0.05) is 109 Å². The van der Waals surface area contributed by atoms with Crippen LogP contribution in [0.5, 0.6) is 5.75 Å². The molecule has 1 spiro atoms. The molecule has 11 rings (SSSR count). The van der Waals surface area contributed by atoms with E-state index in [9.17, 15) is 29.1 Å². The van der Waals surface area contributed by atoms with Gasteiger partial charge in [-0.15, -0.1) is 0 Å². The smallest absolute Gasteiger partial charge is 0.279 e. The molecule has 0 aliphatic carbocycles. The van der Waals surface area contributed by atoms with Crippen LogP contribution in [-0.2, 0) is 64.8 Å². The van der Waals surface area contributed by atoms with E-state index in [2.05, 4.69) is 31.6 Å². The van der Waals surface area contributed by atoms with Gasteiger partial charge in [0.05, 0.1) is 5.69 Å². The van der Waals surface area contributed by atoms with E-state index >= 15 is 9.59 Å². The van der Waals surface area contributed by atoms with Crippen LogP contribution in [0.3, 0.4) is 0 Å². The fraction of sp³-hybridized carbons (Fsp3) is 0.316. The van der Waals surface area contributed by atoms with Crippen LogP contribution in [-0.4, -0.2) is 116 Å². The van der Waals surface area contributed by atoms with E-state index in [0.29, 0.717) is 24.1 Å². The number of nitrogens with one attached hydrogen (secondary N) is 4. The van der Waals surface area contributed by atoms with E-state index in [-0.39, 0.29) is 50.3 Å². The number of phenols is 1. The normalized spacial score (nSPS) is 27.3. The average molecular weight is 997 g/mol. The Morgan fingerprint density at radius 2 is 1.27 bits per heavy atom. The molecule has 378 valence electrons. The van der Waals surface area contributed by atoms with Crippen LogP contribution >= 0.6 is 0 Å². The Balaban J connectivity index is 1.04. The van der Waals surface area contributed by atoms with Crippen molar-refractivity contribution < 1.29 is 44.4 Å². The number of carbonyl (C=O) groups is 7. The van der Waals surface area contributed by atoms with Crippen LogP contribution < -0.4 is 31.9 Å². The van der Waals surface area contributed by atoms with Gasteiger partial charge in [-0.3, -0.25) is 38.5 Å². The van der Waals surface area contributed by atoms with Crippen LogP contribution in [0, 0.1) is 0 Å². The summed E-state index contributed by atoms with van der Waals surface area (Å²) in [4.78, 5) is 108. The number of rotatable bonds is 6. The standard InChI is InChI=1S/C57H57N9O8/c1-33-49(68)62-44-31-57(40-18-9-11-20-46(40)65-55(74)48(66(54(44)73)56(57)65)29-35-15-6-3-7-16-35)64-32-37(39-17-8-10-19-45(39)64)30-41(58)50(69)61-43(28-34-13-4-2-5-14-34)53(72)63-26-12-21-47(63)52(71)60-42(51(70)59-33)27-36-22-24-38(67)25-23-36/h2-11,13-20,22-25,32-33,41-44,47-48,56,67H,12,21,26-31,58H2,1H3,(H,59,70)(H,60,71)(H,61,69)(H,62,68)/p+1/t33-,41-,42-,43-,44-,47-,48-,56-,57+/m0/s1. The van der Waals surface area contributed by atoms with Gasteiger partial charge in [-0.2, -0.15) is 0 Å². The zero-order valence-corrected chi connectivity index (χ0v) is 40.9. The molecule has 7 amide bonds. The van der Waals surface area contributed by atoms with E-state index in [1.165, 1.54) is 24.0 Å². The Bertz CT molecular complexity index is 3200. The number of phenolic OH excluding ortho intramolecular Hbond substituents is 1. The Morgan fingerprint density at radius 1 is 0.635 bits per heavy atom. The molecule has 5 aromatic carbocycles. The summed E-state index contributed by atoms with van der Waals surface area (Å²) < 4.78 is 2.10. The number of nitrogens with zero attached hydrogens (tertiary/aromatic N) is 4. The van der Waals surface area contributed by atoms with Crippen molar-refractivity contribution in [3.05, 3.63) is 167 Å². The first-order valence-corrected chi connectivity index (χ1v) is 25.4. The Labute approximate surface area is 427 Å². The topological polar surface area (TPSA) is 230 Å². The first kappa shape index (κ1) is 48.0. The summed E-state index contributed by atoms with van der Waals surface area (Å²) in [6.45, 7) is 1.73. The third-order valence-electron chi connectivity index (χ3n) is 15.6. The molecule has 6 heterocycles. The summed E-state index contributed by atoms with van der Waals surface area (Å²) in [5.74, 6) is -3.61. The molecular weight excluding hydrogens is 939 g/mol. The largest absolute Gasteiger partial charge is 0.508 e. The van der Waals surface area contributed by atoms with Crippen LogP contribution in [0.15, 0.2) is 140 Å². The van der Waals surface area contributed by atoms with Gasteiger partial charge in [0, 0.05) is 61.3 Å². The van der Waals surface area contributed by atoms with Gasteiger partial charge in [-0.25, -0.2) is 0 Å². The summed E-state index contributed by atoms with van der Waals surface area (Å²) in [6.07, 6.45) is 2.35. The number of hydrogen-bond acceptors (Lipinski definition) is 8. The van der Waals surface area contributed by atoms with Crippen molar-refractivity contribution in [3.63, 3.8) is 0 Å². The molecular formula is C57H58N9O8+. The van der Waals surface area contributed by atoms with E-state index in [1.807, 2.05) is 115 Å². The van der Waals surface area contributed by atoms with Gasteiger partial charge in [0.2, 0.25) is 29.5 Å². The fourth-order valence-electron chi connectivity index (χ4n) is 12.1. The lowest BCUT2D eigenvalue weighted by atomic mass is 9.78. The Morgan fingerprint density at radius 3 is 2.01 bits per heavy atom. The van der Waals surface area contributed by atoms with Crippen LogP contribution in [0.4, 0.5) is 5.69 Å². The first-order chi connectivity index (χ1) is 35.8. The summed E-state index contributed by atoms with van der Waals surface area (Å²) in [5.41, 5.74) is 8.30. The second kappa shape index (κ2) is 19.3. The number of hydrogen-bond donors (Lipinski definition) is 6. The summed E-state index contributed by atoms with van der Waals surface area (Å²) in [6, 6.07) is 32.7. The zero-order valence-electron chi connectivity index (χ0n) is 40.9. The summed E-state index contributed by atoms with van der Waals surface area (Å²) in [7, 11) is 0. The lowest BCUT2D eigenvalue weighted by Crippen LogP contribution is -2.70. The van der Waals surface area contributed by atoms with E-state index in [1.54, 1.807) is 21.9 Å². The van der Waals surface area contributed by atoms with Crippen molar-refractivity contribution in [2.24, 2.45) is 0 Å². The molecule has 0 radical (unpaired) electrons. The van der Waals surface area contributed by atoms with Crippen LogP contribution in [0.1, 0.15) is 54.0 Å². The molecule has 5 aliphatic heterocycles. The number of para-hydroxylation sites is 2.